The van der Waals surface area contributed by atoms with Crippen LogP contribution in [0.3, 0.4) is 0 Å². The fourth-order valence-electron chi connectivity index (χ4n) is 1.67. The van der Waals surface area contributed by atoms with Gasteiger partial charge in [-0.1, -0.05) is 30.3 Å². The summed E-state index contributed by atoms with van der Waals surface area (Å²) in [7, 11) is 0. The highest BCUT2D eigenvalue weighted by Crippen LogP contribution is 2.05. The topological polar surface area (TPSA) is 119 Å². The van der Waals surface area contributed by atoms with Crippen molar-refractivity contribution >= 4 is 41.5 Å². The molecule has 150 valence electrons. The minimum absolute atomic E-state index is 0.0920. The molecule has 2 rings (SSSR count). The van der Waals surface area contributed by atoms with Crippen molar-refractivity contribution in [1.82, 2.24) is 0 Å². The van der Waals surface area contributed by atoms with Crippen molar-refractivity contribution in [1.29, 1.82) is 10.5 Å². The zero-order valence-electron chi connectivity index (χ0n) is 15.6. The van der Waals surface area contributed by atoms with Crippen LogP contribution in [0.1, 0.15) is 46.0 Å². The van der Waals surface area contributed by atoms with E-state index in [9.17, 15) is 14.4 Å². The molecule has 0 bridgehead atoms. The van der Waals surface area contributed by atoms with Crippen LogP contribution in [-0.2, 0) is 4.79 Å². The van der Waals surface area contributed by atoms with Crippen molar-refractivity contribution < 1.29 is 19.5 Å². The summed E-state index contributed by atoms with van der Waals surface area (Å²) in [5, 5.41) is 24.3. The number of carbonyl (C=O) groups excluding carboxylic acids is 2. The van der Waals surface area contributed by atoms with Gasteiger partial charge >= 0.3 is 5.97 Å². The molecular weight excluding hydrogens is 408 g/mol. The zero-order chi connectivity index (χ0) is 22.2. The number of hydrogen-bond acceptors (Lipinski definition) is 5. The number of aliphatic carboxylic acids is 1. The summed E-state index contributed by atoms with van der Waals surface area (Å²) in [6, 6.07) is 19.2. The first-order valence-corrected chi connectivity index (χ1v) is 9.23. The average molecular weight is 429 g/mol. The van der Waals surface area contributed by atoms with Crippen LogP contribution in [0.2, 0.25) is 0 Å². The number of rotatable bonds is 5. The highest BCUT2D eigenvalue weighted by Gasteiger charge is 2.02. The molecule has 1 atom stereocenters. The van der Waals surface area contributed by atoms with Crippen LogP contribution in [0.25, 0.3) is 0 Å². The molecule has 0 radical (unpaired) electrons. The first-order chi connectivity index (χ1) is 13.7. The summed E-state index contributed by atoms with van der Waals surface area (Å²) in [6.45, 7) is 1.71. The van der Waals surface area contributed by atoms with Crippen molar-refractivity contribution in [2.24, 2.45) is 5.92 Å². The van der Waals surface area contributed by atoms with Crippen LogP contribution in [0.5, 0.6) is 0 Å². The number of carboxylic acid groups (broad SMARTS) is 1. The van der Waals surface area contributed by atoms with Crippen LogP contribution in [0, 0.1) is 28.6 Å². The molecule has 0 saturated heterocycles. The second kappa shape index (κ2) is 14.9. The largest absolute Gasteiger partial charge is 0.481 e. The number of benzene rings is 2. The van der Waals surface area contributed by atoms with Gasteiger partial charge in [0.2, 0.25) is 10.2 Å². The van der Waals surface area contributed by atoms with E-state index in [-0.39, 0.29) is 22.6 Å². The molecule has 0 aliphatic heterocycles. The molecule has 0 aliphatic rings. The number of carbonyl (C=O) groups is 3. The number of nitriles is 2. The molecule has 2 aromatic carbocycles. The minimum atomic E-state index is -0.836. The first-order valence-electron chi connectivity index (χ1n) is 8.34. The lowest BCUT2D eigenvalue weighted by Gasteiger charge is -1.95. The van der Waals surface area contributed by atoms with Gasteiger partial charge in [0.05, 0.1) is 17.7 Å². The summed E-state index contributed by atoms with van der Waals surface area (Å²) in [4.78, 5) is 31.0. The smallest absolute Gasteiger partial charge is 0.303 e. The molecule has 0 saturated carbocycles. The van der Waals surface area contributed by atoms with Gasteiger partial charge in [-0.05, 0) is 37.6 Å². The van der Waals surface area contributed by atoms with Crippen molar-refractivity contribution in [3.8, 4) is 12.1 Å². The molecule has 0 spiro atoms. The Morgan fingerprint density at radius 3 is 1.76 bits per heavy atom. The Kier molecular flexibility index (Phi) is 13.3. The lowest BCUT2D eigenvalue weighted by atomic mass is 10.1. The molecule has 6 nitrogen and oxygen atoms in total. The minimum Gasteiger partial charge on any atom is -0.481 e. The SMILES string of the molecule is CC(C#N)CCC(=O)O.N#Cc1ccc(C(=O)S)cc1.O=C(S)c1ccccc1. The fraction of sp³-hybridized carbons (Fsp3) is 0.190. The third-order valence-corrected chi connectivity index (χ3v) is 3.81. The molecule has 0 aromatic heterocycles. The lowest BCUT2D eigenvalue weighted by molar-refractivity contribution is -0.137. The third-order valence-electron chi connectivity index (χ3n) is 3.29. The number of thiol groups is 2. The molecule has 0 amide bonds. The Labute approximate surface area is 180 Å². The summed E-state index contributed by atoms with van der Waals surface area (Å²) in [6.07, 6.45) is 0.542. The van der Waals surface area contributed by atoms with Gasteiger partial charge in [0, 0.05) is 23.5 Å². The summed E-state index contributed by atoms with van der Waals surface area (Å²) >= 11 is 7.28. The van der Waals surface area contributed by atoms with E-state index < -0.39 is 5.97 Å². The Bertz CT molecular complexity index is 886. The van der Waals surface area contributed by atoms with Crippen LogP contribution >= 0.6 is 25.3 Å². The highest BCUT2D eigenvalue weighted by molar-refractivity contribution is 7.97. The van der Waals surface area contributed by atoms with E-state index in [0.717, 1.165) is 0 Å². The van der Waals surface area contributed by atoms with E-state index in [1.165, 1.54) is 0 Å². The average Bonchev–Trinajstić information content (AvgIpc) is 2.73. The molecule has 0 heterocycles. The van der Waals surface area contributed by atoms with Gasteiger partial charge in [-0.2, -0.15) is 10.5 Å². The highest BCUT2D eigenvalue weighted by atomic mass is 32.1. The zero-order valence-corrected chi connectivity index (χ0v) is 17.4. The van der Waals surface area contributed by atoms with E-state index in [2.05, 4.69) is 25.3 Å². The molecule has 1 unspecified atom stereocenters. The Balaban J connectivity index is 0.000000409. The fourth-order valence-corrected chi connectivity index (χ4v) is 1.97. The summed E-state index contributed by atoms with van der Waals surface area (Å²) < 4.78 is 0. The van der Waals surface area contributed by atoms with Crippen molar-refractivity contribution in [2.75, 3.05) is 0 Å². The van der Waals surface area contributed by atoms with Crippen molar-refractivity contribution in [3.05, 3.63) is 71.3 Å². The number of hydrogen-bond donors (Lipinski definition) is 3. The van der Waals surface area contributed by atoms with Crippen LogP contribution in [0.15, 0.2) is 54.6 Å². The van der Waals surface area contributed by atoms with Crippen LogP contribution in [0.4, 0.5) is 0 Å². The maximum Gasteiger partial charge on any atom is 0.303 e. The van der Waals surface area contributed by atoms with Crippen molar-refractivity contribution in [2.45, 2.75) is 19.8 Å². The maximum absolute atomic E-state index is 10.6. The van der Waals surface area contributed by atoms with Crippen LogP contribution < -0.4 is 0 Å². The Morgan fingerprint density at radius 2 is 1.41 bits per heavy atom. The van der Waals surface area contributed by atoms with Gasteiger partial charge in [0.15, 0.2) is 0 Å². The molecule has 0 aliphatic carbocycles. The normalized spacial score (nSPS) is 9.83. The van der Waals surface area contributed by atoms with E-state index in [0.29, 0.717) is 23.1 Å². The van der Waals surface area contributed by atoms with E-state index in [4.69, 9.17) is 15.6 Å². The first kappa shape index (κ1) is 25.9. The van der Waals surface area contributed by atoms with E-state index in [1.807, 2.05) is 30.3 Å². The predicted octanol–water partition coefficient (Wildman–Crippen LogP) is 4.40. The third kappa shape index (κ3) is 12.9. The standard InChI is InChI=1S/C8H5NOS.C7H6OS.C6H9NO2/c9-5-6-1-3-7(4-2-6)8(10)11;8-7(9)6-4-2-1-3-5-6;1-5(4-7)2-3-6(8)9/h1-4H,(H,10,11);1-5H,(H,8,9);5H,2-3H2,1H3,(H,8,9). The summed E-state index contributed by atoms with van der Waals surface area (Å²) in [5.41, 5.74) is 1.69. The van der Waals surface area contributed by atoms with E-state index in [1.54, 1.807) is 43.3 Å². The summed E-state index contributed by atoms with van der Waals surface area (Å²) in [5.74, 6) is -0.974. The lowest BCUT2D eigenvalue weighted by Crippen LogP contribution is -1.98. The molecular formula is C21H20N2O4S2. The monoisotopic (exact) mass is 428 g/mol. The molecule has 2 aromatic rings. The Hall–Kier alpha value is -3.07. The van der Waals surface area contributed by atoms with Gasteiger partial charge in [-0.25, -0.2) is 0 Å². The van der Waals surface area contributed by atoms with Crippen LogP contribution in [-0.4, -0.2) is 21.3 Å². The van der Waals surface area contributed by atoms with Gasteiger partial charge in [-0.3, -0.25) is 14.4 Å². The van der Waals surface area contributed by atoms with Gasteiger partial charge in [-0.15, -0.1) is 25.3 Å². The van der Waals surface area contributed by atoms with Gasteiger partial charge in [0.1, 0.15) is 0 Å². The molecule has 0 fully saturated rings. The molecule has 1 N–H and O–H groups in total. The van der Waals surface area contributed by atoms with E-state index >= 15 is 0 Å². The number of nitrogens with zero attached hydrogens (tertiary/aromatic N) is 2. The maximum atomic E-state index is 10.6. The number of carboxylic acids is 1. The quantitative estimate of drug-likeness (QED) is 0.608. The predicted molar refractivity (Wildman–Crippen MR) is 116 cm³/mol. The second-order valence-electron chi connectivity index (χ2n) is 5.63. The van der Waals surface area contributed by atoms with Gasteiger partial charge in [0.25, 0.3) is 0 Å². The van der Waals surface area contributed by atoms with Crippen molar-refractivity contribution in [3.63, 3.8) is 0 Å². The van der Waals surface area contributed by atoms with Gasteiger partial charge < -0.3 is 5.11 Å². The molecule has 29 heavy (non-hydrogen) atoms. The Morgan fingerprint density at radius 1 is 0.931 bits per heavy atom. The molecule has 8 heteroatoms. The second-order valence-corrected chi connectivity index (χ2v) is 6.44.